The van der Waals surface area contributed by atoms with E-state index in [2.05, 4.69) is 16.5 Å². The van der Waals surface area contributed by atoms with Crippen LogP contribution in [0.1, 0.15) is 22.5 Å². The maximum Gasteiger partial charge on any atom is 0.149 e. The number of hydrogen-bond acceptors (Lipinski definition) is 3. The molecule has 0 atom stereocenters. The molecule has 4 heteroatoms. The second-order valence-corrected chi connectivity index (χ2v) is 4.56. The minimum atomic E-state index is 0.655. The average Bonchev–Trinajstić information content (AvgIpc) is 2.77. The fourth-order valence-electron chi connectivity index (χ4n) is 2.36. The van der Waals surface area contributed by atoms with Crippen LogP contribution in [0, 0.1) is 18.3 Å². The SMILES string of the molecule is Cc1cccc(-n2nc3c(c2C#N)CNCC3)c1. The van der Waals surface area contributed by atoms with Crippen molar-refractivity contribution in [2.75, 3.05) is 6.54 Å². The predicted molar refractivity (Wildman–Crippen MR) is 68.4 cm³/mol. The van der Waals surface area contributed by atoms with Crippen LogP contribution < -0.4 is 5.32 Å². The maximum atomic E-state index is 9.36. The van der Waals surface area contributed by atoms with E-state index < -0.39 is 0 Å². The first-order chi connectivity index (χ1) is 8.79. The summed E-state index contributed by atoms with van der Waals surface area (Å²) < 4.78 is 1.77. The van der Waals surface area contributed by atoms with E-state index in [9.17, 15) is 5.26 Å². The van der Waals surface area contributed by atoms with E-state index in [1.807, 2.05) is 31.2 Å². The molecule has 3 rings (SSSR count). The number of aryl methyl sites for hydroxylation is 1. The topological polar surface area (TPSA) is 53.6 Å². The molecule has 0 spiro atoms. The first-order valence-corrected chi connectivity index (χ1v) is 6.08. The van der Waals surface area contributed by atoms with Crippen molar-refractivity contribution >= 4 is 0 Å². The molecule has 0 amide bonds. The van der Waals surface area contributed by atoms with Gasteiger partial charge in [-0.1, -0.05) is 12.1 Å². The Balaban J connectivity index is 2.18. The predicted octanol–water partition coefficient (Wildman–Crippen LogP) is 1.70. The number of nitrogens with zero attached hydrogens (tertiary/aromatic N) is 3. The normalized spacial score (nSPS) is 14.0. The Bertz CT molecular complexity index is 634. The molecule has 0 fully saturated rings. The van der Waals surface area contributed by atoms with E-state index in [0.717, 1.165) is 36.5 Å². The Kier molecular flexibility index (Phi) is 2.62. The average molecular weight is 238 g/mol. The van der Waals surface area contributed by atoms with Gasteiger partial charge in [-0.3, -0.25) is 0 Å². The molecule has 2 aromatic rings. The number of benzene rings is 1. The molecule has 0 unspecified atom stereocenters. The molecule has 0 saturated carbocycles. The summed E-state index contributed by atoms with van der Waals surface area (Å²) in [5.74, 6) is 0. The number of nitrogens with one attached hydrogen (secondary N) is 1. The first-order valence-electron chi connectivity index (χ1n) is 6.08. The summed E-state index contributed by atoms with van der Waals surface area (Å²) in [6.45, 7) is 3.72. The molecule has 90 valence electrons. The van der Waals surface area contributed by atoms with Crippen molar-refractivity contribution in [3.05, 3.63) is 46.8 Å². The van der Waals surface area contributed by atoms with Gasteiger partial charge in [0.1, 0.15) is 11.8 Å². The van der Waals surface area contributed by atoms with Crippen molar-refractivity contribution in [1.29, 1.82) is 5.26 Å². The summed E-state index contributed by atoms with van der Waals surface area (Å²) in [5, 5.41) is 17.2. The van der Waals surface area contributed by atoms with E-state index >= 15 is 0 Å². The second kappa shape index (κ2) is 4.28. The van der Waals surface area contributed by atoms with E-state index in [-0.39, 0.29) is 0 Å². The molecular weight excluding hydrogens is 224 g/mol. The van der Waals surface area contributed by atoms with Gasteiger partial charge in [0.25, 0.3) is 0 Å². The zero-order valence-corrected chi connectivity index (χ0v) is 10.3. The highest BCUT2D eigenvalue weighted by molar-refractivity contribution is 5.45. The van der Waals surface area contributed by atoms with Crippen LogP contribution in [0.25, 0.3) is 5.69 Å². The standard InChI is InChI=1S/C14H14N4/c1-10-3-2-4-11(7-10)18-14(8-15)12-9-16-6-5-13(12)17-18/h2-4,7,16H,5-6,9H2,1H3. The molecule has 18 heavy (non-hydrogen) atoms. The first kappa shape index (κ1) is 11.0. The number of fused-ring (bicyclic) bond motifs is 1. The Morgan fingerprint density at radius 1 is 1.44 bits per heavy atom. The van der Waals surface area contributed by atoms with Crippen LogP contribution >= 0.6 is 0 Å². The molecule has 0 aliphatic carbocycles. The highest BCUT2D eigenvalue weighted by atomic mass is 15.3. The van der Waals surface area contributed by atoms with Gasteiger partial charge in [-0.15, -0.1) is 0 Å². The molecule has 0 saturated heterocycles. The Morgan fingerprint density at radius 3 is 3.11 bits per heavy atom. The molecular formula is C14H14N4. The van der Waals surface area contributed by atoms with Crippen molar-refractivity contribution < 1.29 is 0 Å². The molecule has 1 N–H and O–H groups in total. The van der Waals surface area contributed by atoms with Gasteiger partial charge >= 0.3 is 0 Å². The van der Waals surface area contributed by atoms with Crippen molar-refractivity contribution in [3.63, 3.8) is 0 Å². The van der Waals surface area contributed by atoms with Crippen molar-refractivity contribution in [3.8, 4) is 11.8 Å². The minimum Gasteiger partial charge on any atom is -0.312 e. The smallest absolute Gasteiger partial charge is 0.149 e. The monoisotopic (exact) mass is 238 g/mol. The molecule has 0 radical (unpaired) electrons. The number of nitriles is 1. The van der Waals surface area contributed by atoms with Gasteiger partial charge in [0.15, 0.2) is 0 Å². The lowest BCUT2D eigenvalue weighted by Crippen LogP contribution is -2.23. The fourth-order valence-corrected chi connectivity index (χ4v) is 2.36. The molecule has 1 aromatic heterocycles. The van der Waals surface area contributed by atoms with Crippen LogP contribution in [0.5, 0.6) is 0 Å². The molecule has 1 aliphatic rings. The molecule has 1 aliphatic heterocycles. The maximum absolute atomic E-state index is 9.36. The van der Waals surface area contributed by atoms with E-state index in [0.29, 0.717) is 5.69 Å². The van der Waals surface area contributed by atoms with Crippen LogP contribution in [-0.4, -0.2) is 16.3 Å². The van der Waals surface area contributed by atoms with Gasteiger partial charge in [0.05, 0.1) is 11.4 Å². The molecule has 1 aromatic carbocycles. The fraction of sp³-hybridized carbons (Fsp3) is 0.286. The van der Waals surface area contributed by atoms with Gasteiger partial charge in [0.2, 0.25) is 0 Å². The summed E-state index contributed by atoms with van der Waals surface area (Å²) in [6.07, 6.45) is 0.892. The highest BCUT2D eigenvalue weighted by Gasteiger charge is 2.20. The van der Waals surface area contributed by atoms with Gasteiger partial charge in [-0.25, -0.2) is 4.68 Å². The van der Waals surface area contributed by atoms with Crippen LogP contribution in [-0.2, 0) is 13.0 Å². The Morgan fingerprint density at radius 2 is 2.33 bits per heavy atom. The zero-order chi connectivity index (χ0) is 12.5. The summed E-state index contributed by atoms with van der Waals surface area (Å²) in [5.41, 5.74) is 4.88. The second-order valence-electron chi connectivity index (χ2n) is 4.56. The van der Waals surface area contributed by atoms with Crippen LogP contribution in [0.3, 0.4) is 0 Å². The van der Waals surface area contributed by atoms with Crippen molar-refractivity contribution in [2.45, 2.75) is 19.9 Å². The lowest BCUT2D eigenvalue weighted by molar-refractivity contribution is 0.635. The summed E-state index contributed by atoms with van der Waals surface area (Å²) in [4.78, 5) is 0. The van der Waals surface area contributed by atoms with Crippen LogP contribution in [0.15, 0.2) is 24.3 Å². The molecule has 2 heterocycles. The van der Waals surface area contributed by atoms with Gasteiger partial charge < -0.3 is 5.32 Å². The number of hydrogen-bond donors (Lipinski definition) is 1. The third-order valence-corrected chi connectivity index (χ3v) is 3.26. The highest BCUT2D eigenvalue weighted by Crippen LogP contribution is 2.21. The van der Waals surface area contributed by atoms with Crippen LogP contribution in [0.4, 0.5) is 0 Å². The van der Waals surface area contributed by atoms with Gasteiger partial charge in [-0.2, -0.15) is 10.4 Å². The third kappa shape index (κ3) is 1.69. The Hall–Kier alpha value is -2.12. The van der Waals surface area contributed by atoms with E-state index in [1.165, 1.54) is 5.56 Å². The number of rotatable bonds is 1. The van der Waals surface area contributed by atoms with Crippen molar-refractivity contribution in [1.82, 2.24) is 15.1 Å². The summed E-state index contributed by atoms with van der Waals surface area (Å²) >= 11 is 0. The minimum absolute atomic E-state index is 0.655. The van der Waals surface area contributed by atoms with Gasteiger partial charge in [-0.05, 0) is 24.6 Å². The quantitative estimate of drug-likeness (QED) is 0.822. The summed E-state index contributed by atoms with van der Waals surface area (Å²) in [6, 6.07) is 10.3. The lowest BCUT2D eigenvalue weighted by Gasteiger charge is -2.10. The van der Waals surface area contributed by atoms with Crippen molar-refractivity contribution in [2.24, 2.45) is 0 Å². The Labute approximate surface area is 106 Å². The van der Waals surface area contributed by atoms with Crippen LogP contribution in [0.2, 0.25) is 0 Å². The molecule has 0 bridgehead atoms. The lowest BCUT2D eigenvalue weighted by atomic mass is 10.1. The van der Waals surface area contributed by atoms with E-state index in [4.69, 9.17) is 0 Å². The zero-order valence-electron chi connectivity index (χ0n) is 10.3. The third-order valence-electron chi connectivity index (χ3n) is 3.26. The largest absolute Gasteiger partial charge is 0.312 e. The number of aromatic nitrogens is 2. The van der Waals surface area contributed by atoms with Gasteiger partial charge in [0, 0.05) is 25.1 Å². The summed E-state index contributed by atoms with van der Waals surface area (Å²) in [7, 11) is 0. The molecule has 4 nitrogen and oxygen atoms in total. The van der Waals surface area contributed by atoms with E-state index in [1.54, 1.807) is 4.68 Å².